The van der Waals surface area contributed by atoms with Gasteiger partial charge in [0.05, 0.1) is 19.3 Å². The van der Waals surface area contributed by atoms with Gasteiger partial charge in [0.15, 0.2) is 5.79 Å². The molecule has 1 aliphatic carbocycles. The fourth-order valence-electron chi connectivity index (χ4n) is 5.29. The van der Waals surface area contributed by atoms with Crippen molar-refractivity contribution in [2.45, 2.75) is 122 Å². The topological polar surface area (TPSA) is 76.0 Å². The van der Waals surface area contributed by atoms with E-state index in [9.17, 15) is 9.90 Å². The largest absolute Gasteiger partial charge is 0.481 e. The molecule has 0 aromatic heterocycles. The molecule has 1 saturated heterocycles. The van der Waals surface area contributed by atoms with Crippen molar-refractivity contribution in [3.8, 4) is 0 Å². The normalized spacial score (nSPS) is 24.3. The Morgan fingerprint density at radius 1 is 0.966 bits per heavy atom. The van der Waals surface area contributed by atoms with Crippen molar-refractivity contribution in [2.75, 3.05) is 13.2 Å². The molecule has 1 aliphatic heterocycles. The fraction of sp³-hybridized carbons (Fsp3) is 0.958. The van der Waals surface area contributed by atoms with Gasteiger partial charge in [0.2, 0.25) is 0 Å². The maximum Gasteiger partial charge on any atom is 0.303 e. The average Bonchev–Trinajstić information content (AvgIpc) is 3.30. The lowest BCUT2D eigenvalue weighted by Gasteiger charge is -2.32. The van der Waals surface area contributed by atoms with Crippen LogP contribution < -0.4 is 0 Å². The van der Waals surface area contributed by atoms with Crippen molar-refractivity contribution in [3.63, 3.8) is 0 Å². The average molecular weight is 413 g/mol. The Hall–Kier alpha value is -0.650. The fourth-order valence-corrected chi connectivity index (χ4v) is 5.29. The Labute approximate surface area is 177 Å². The minimum absolute atomic E-state index is 0.171. The van der Waals surface area contributed by atoms with Gasteiger partial charge in [-0.25, -0.2) is 0 Å². The van der Waals surface area contributed by atoms with E-state index in [4.69, 9.17) is 14.6 Å². The van der Waals surface area contributed by atoms with E-state index in [2.05, 4.69) is 6.92 Å². The Morgan fingerprint density at radius 2 is 1.66 bits per heavy atom. The first-order chi connectivity index (χ1) is 14.1. The molecule has 0 aromatic carbocycles. The standard InChI is InChI=1S/C24H44O5/c1-2-3-4-5-8-11-21(25)15-14-20-16-17-24(28-18-19-29-24)22(20)12-9-6-7-10-13-23(26)27/h20-22,25H,2-19H2,1H3,(H,26,27)/t20-,21-,22+/m0/s1. The number of aliphatic hydroxyl groups excluding tert-OH is 1. The lowest BCUT2D eigenvalue weighted by molar-refractivity contribution is -0.188. The second-order valence-electron chi connectivity index (χ2n) is 9.19. The molecule has 29 heavy (non-hydrogen) atoms. The SMILES string of the molecule is CCCCCCC[C@H](O)CC[C@H]1CCC2(OCCO2)[C@@H]1CCCCCCC(=O)O. The first-order valence-electron chi connectivity index (χ1n) is 12.2. The van der Waals surface area contributed by atoms with Gasteiger partial charge in [-0.3, -0.25) is 4.79 Å². The third-order valence-electron chi connectivity index (χ3n) is 6.94. The number of hydrogen-bond acceptors (Lipinski definition) is 4. The summed E-state index contributed by atoms with van der Waals surface area (Å²) in [5, 5.41) is 19.2. The van der Waals surface area contributed by atoms with Crippen molar-refractivity contribution in [2.24, 2.45) is 11.8 Å². The minimum Gasteiger partial charge on any atom is -0.481 e. The van der Waals surface area contributed by atoms with E-state index in [0.717, 1.165) is 70.6 Å². The van der Waals surface area contributed by atoms with Crippen LogP contribution in [-0.2, 0) is 14.3 Å². The van der Waals surface area contributed by atoms with Gasteiger partial charge in [0.25, 0.3) is 0 Å². The van der Waals surface area contributed by atoms with Crippen LogP contribution in [0.5, 0.6) is 0 Å². The number of unbranched alkanes of at least 4 members (excludes halogenated alkanes) is 7. The maximum atomic E-state index is 10.6. The number of hydrogen-bond donors (Lipinski definition) is 2. The van der Waals surface area contributed by atoms with Crippen molar-refractivity contribution in [1.82, 2.24) is 0 Å². The van der Waals surface area contributed by atoms with Crippen LogP contribution in [0.1, 0.15) is 110 Å². The third-order valence-corrected chi connectivity index (χ3v) is 6.94. The van der Waals surface area contributed by atoms with Gasteiger partial charge < -0.3 is 19.7 Å². The summed E-state index contributed by atoms with van der Waals surface area (Å²) >= 11 is 0. The number of rotatable bonds is 16. The molecule has 1 saturated carbocycles. The summed E-state index contributed by atoms with van der Waals surface area (Å²) in [5.41, 5.74) is 0. The molecule has 2 fully saturated rings. The second kappa shape index (κ2) is 13.6. The highest BCUT2D eigenvalue weighted by molar-refractivity contribution is 5.66. The molecule has 1 spiro atoms. The van der Waals surface area contributed by atoms with E-state index in [1.165, 1.54) is 25.7 Å². The van der Waals surface area contributed by atoms with Gasteiger partial charge in [0.1, 0.15) is 0 Å². The lowest BCUT2D eigenvalue weighted by Crippen LogP contribution is -2.36. The lowest BCUT2D eigenvalue weighted by atomic mass is 9.84. The van der Waals surface area contributed by atoms with E-state index < -0.39 is 5.97 Å². The first kappa shape index (κ1) is 24.6. The summed E-state index contributed by atoms with van der Waals surface area (Å²) in [6.07, 6.45) is 16.4. The molecule has 0 bridgehead atoms. The van der Waals surface area contributed by atoms with Crippen LogP contribution >= 0.6 is 0 Å². The van der Waals surface area contributed by atoms with Gasteiger partial charge in [-0.05, 0) is 44.4 Å². The minimum atomic E-state index is -0.698. The van der Waals surface area contributed by atoms with Crippen molar-refractivity contribution >= 4 is 5.97 Å². The van der Waals surface area contributed by atoms with E-state index in [1.54, 1.807) is 0 Å². The van der Waals surface area contributed by atoms with Crippen molar-refractivity contribution in [3.05, 3.63) is 0 Å². The summed E-state index contributed by atoms with van der Waals surface area (Å²) in [4.78, 5) is 10.6. The summed E-state index contributed by atoms with van der Waals surface area (Å²) in [6, 6.07) is 0. The second-order valence-corrected chi connectivity index (χ2v) is 9.19. The highest BCUT2D eigenvalue weighted by atomic mass is 16.7. The van der Waals surface area contributed by atoms with Crippen LogP contribution in [0.15, 0.2) is 0 Å². The molecule has 0 amide bonds. The van der Waals surface area contributed by atoms with Crippen LogP contribution in [0.4, 0.5) is 0 Å². The predicted octanol–water partition coefficient (Wildman–Crippen LogP) is 5.68. The van der Waals surface area contributed by atoms with Crippen LogP contribution in [0.2, 0.25) is 0 Å². The maximum absolute atomic E-state index is 10.6. The third kappa shape index (κ3) is 8.55. The number of aliphatic carboxylic acids is 1. The zero-order valence-electron chi connectivity index (χ0n) is 18.6. The summed E-state index contributed by atoms with van der Waals surface area (Å²) in [7, 11) is 0. The van der Waals surface area contributed by atoms with Gasteiger partial charge in [-0.1, -0.05) is 58.3 Å². The quantitative estimate of drug-likeness (QED) is 0.319. The molecular weight excluding hydrogens is 368 g/mol. The summed E-state index contributed by atoms with van der Waals surface area (Å²) in [5.74, 6) is -0.0869. The molecule has 5 heteroatoms. The smallest absolute Gasteiger partial charge is 0.303 e. The molecule has 1 heterocycles. The highest BCUT2D eigenvalue weighted by Crippen LogP contribution is 2.50. The number of carbonyl (C=O) groups is 1. The Balaban J connectivity index is 1.71. The van der Waals surface area contributed by atoms with Crippen LogP contribution in [0, 0.1) is 11.8 Å². The van der Waals surface area contributed by atoms with E-state index >= 15 is 0 Å². The van der Waals surface area contributed by atoms with Crippen LogP contribution in [0.25, 0.3) is 0 Å². The van der Waals surface area contributed by atoms with Crippen molar-refractivity contribution < 1.29 is 24.5 Å². The Morgan fingerprint density at radius 3 is 2.38 bits per heavy atom. The van der Waals surface area contributed by atoms with Crippen LogP contribution in [0.3, 0.4) is 0 Å². The molecule has 2 rings (SSSR count). The van der Waals surface area contributed by atoms with E-state index in [1.807, 2.05) is 0 Å². The molecule has 2 aliphatic rings. The van der Waals surface area contributed by atoms with Crippen molar-refractivity contribution in [1.29, 1.82) is 0 Å². The highest BCUT2D eigenvalue weighted by Gasteiger charge is 2.51. The molecule has 5 nitrogen and oxygen atoms in total. The van der Waals surface area contributed by atoms with Gasteiger partial charge >= 0.3 is 5.97 Å². The van der Waals surface area contributed by atoms with Gasteiger partial charge in [0, 0.05) is 18.8 Å². The molecule has 2 N–H and O–H groups in total. The van der Waals surface area contributed by atoms with E-state index in [-0.39, 0.29) is 18.3 Å². The molecule has 170 valence electrons. The van der Waals surface area contributed by atoms with Gasteiger partial charge in [-0.15, -0.1) is 0 Å². The Bertz CT molecular complexity index is 447. The number of carboxylic acid groups (broad SMARTS) is 1. The summed E-state index contributed by atoms with van der Waals surface area (Å²) < 4.78 is 12.2. The first-order valence-corrected chi connectivity index (χ1v) is 12.2. The monoisotopic (exact) mass is 412 g/mol. The zero-order chi connectivity index (χ0) is 21.0. The molecule has 3 atom stereocenters. The van der Waals surface area contributed by atoms with E-state index in [0.29, 0.717) is 25.0 Å². The number of aliphatic hydroxyl groups is 1. The number of ether oxygens (including phenoxy) is 2. The molecular formula is C24H44O5. The van der Waals surface area contributed by atoms with Gasteiger partial charge in [-0.2, -0.15) is 0 Å². The molecule has 0 radical (unpaired) electrons. The molecule has 0 unspecified atom stereocenters. The Kier molecular flexibility index (Phi) is 11.6. The molecule has 0 aromatic rings. The predicted molar refractivity (Wildman–Crippen MR) is 115 cm³/mol. The number of carboxylic acids is 1. The summed E-state index contributed by atoms with van der Waals surface area (Å²) in [6.45, 7) is 3.62. The van der Waals surface area contributed by atoms with Crippen LogP contribution in [-0.4, -0.2) is 41.3 Å². The zero-order valence-corrected chi connectivity index (χ0v) is 18.6.